The molecule has 194 valence electrons. The number of hydrogen-bond donors (Lipinski definition) is 2. The highest BCUT2D eigenvalue weighted by Crippen LogP contribution is 2.36. The molecule has 0 spiro atoms. The lowest BCUT2D eigenvalue weighted by Gasteiger charge is -2.28. The first kappa shape index (κ1) is 27.7. The summed E-state index contributed by atoms with van der Waals surface area (Å²) >= 11 is 0. The summed E-state index contributed by atoms with van der Waals surface area (Å²) in [4.78, 5) is 0. The first-order chi connectivity index (χ1) is 17.1. The van der Waals surface area contributed by atoms with Crippen LogP contribution in [-0.2, 0) is 11.2 Å². The van der Waals surface area contributed by atoms with Gasteiger partial charge in [0.15, 0.2) is 11.5 Å². The molecule has 5 nitrogen and oxygen atoms in total. The van der Waals surface area contributed by atoms with E-state index in [0.29, 0.717) is 35.8 Å². The van der Waals surface area contributed by atoms with Crippen molar-refractivity contribution in [3.05, 3.63) is 88.7 Å². The van der Waals surface area contributed by atoms with Gasteiger partial charge in [0.25, 0.3) is 0 Å². The molecule has 0 aliphatic carbocycles. The number of para-hydroxylation sites is 1. The van der Waals surface area contributed by atoms with Crippen molar-refractivity contribution in [2.24, 2.45) is 0 Å². The van der Waals surface area contributed by atoms with Gasteiger partial charge < -0.3 is 24.6 Å². The smallest absolute Gasteiger partial charge is 0.169 e. The Morgan fingerprint density at radius 3 is 2.44 bits per heavy atom. The minimum Gasteiger partial charge on any atom is -0.493 e. The number of β-amino-alcohol motifs (C(OH)–C–C–N with tert-alkyl or cyclic N) is 1. The van der Waals surface area contributed by atoms with Crippen molar-refractivity contribution in [1.29, 1.82) is 0 Å². The van der Waals surface area contributed by atoms with Crippen LogP contribution in [0.15, 0.2) is 60.7 Å². The fourth-order valence-corrected chi connectivity index (χ4v) is 4.00. The zero-order valence-electron chi connectivity index (χ0n) is 22.1. The molecule has 0 fully saturated rings. The van der Waals surface area contributed by atoms with E-state index < -0.39 is 6.10 Å². The Bertz CT molecular complexity index is 1150. The summed E-state index contributed by atoms with van der Waals surface area (Å²) in [6.45, 7) is 10.3. The van der Waals surface area contributed by atoms with Gasteiger partial charge in [-0.1, -0.05) is 36.4 Å². The molecule has 0 bridgehead atoms. The van der Waals surface area contributed by atoms with Crippen molar-refractivity contribution in [1.82, 2.24) is 5.32 Å². The zero-order chi connectivity index (χ0) is 26.3. The van der Waals surface area contributed by atoms with Crippen LogP contribution in [0.2, 0.25) is 0 Å². The Labute approximate surface area is 214 Å². The third-order valence-electron chi connectivity index (χ3n) is 6.13. The Morgan fingerprint density at radius 2 is 1.72 bits per heavy atom. The van der Waals surface area contributed by atoms with Crippen LogP contribution in [0, 0.1) is 19.7 Å². The Hall–Kier alpha value is -2.93. The second kappa shape index (κ2) is 12.3. The number of nitrogens with one attached hydrogen (secondary N) is 1. The van der Waals surface area contributed by atoms with E-state index in [0.717, 1.165) is 16.7 Å². The van der Waals surface area contributed by atoms with Crippen LogP contribution in [0.4, 0.5) is 4.39 Å². The number of aliphatic hydroxyl groups excluding tert-OH is 1. The number of hydrogen-bond acceptors (Lipinski definition) is 5. The summed E-state index contributed by atoms with van der Waals surface area (Å²) < 4.78 is 31.5. The van der Waals surface area contributed by atoms with Crippen LogP contribution in [0.25, 0.3) is 0 Å². The maximum atomic E-state index is 13.9. The average Bonchev–Trinajstić information content (AvgIpc) is 2.84. The van der Waals surface area contributed by atoms with Crippen LogP contribution < -0.4 is 14.8 Å². The van der Waals surface area contributed by atoms with Crippen LogP contribution in [0.3, 0.4) is 0 Å². The van der Waals surface area contributed by atoms with Crippen molar-refractivity contribution in [3.63, 3.8) is 0 Å². The maximum absolute atomic E-state index is 13.9. The van der Waals surface area contributed by atoms with Gasteiger partial charge >= 0.3 is 0 Å². The number of benzene rings is 3. The van der Waals surface area contributed by atoms with E-state index in [9.17, 15) is 9.50 Å². The molecule has 36 heavy (non-hydrogen) atoms. The van der Waals surface area contributed by atoms with Gasteiger partial charge in [-0.3, -0.25) is 0 Å². The topological polar surface area (TPSA) is 60.0 Å². The SMILES string of the molecule is COc1cc(C)ccc1Oc1ccccc1[C@@H](C)OC[C@H](O)CNC(C)(C)Cc1ccc(C)c(F)c1. The van der Waals surface area contributed by atoms with Crippen molar-refractivity contribution in [2.75, 3.05) is 20.3 Å². The number of halogens is 1. The van der Waals surface area contributed by atoms with E-state index in [2.05, 4.69) is 5.32 Å². The largest absolute Gasteiger partial charge is 0.493 e. The minimum atomic E-state index is -0.702. The number of rotatable bonds is 12. The molecule has 0 unspecified atom stereocenters. The average molecular weight is 496 g/mol. The Balaban J connectivity index is 1.55. The summed E-state index contributed by atoms with van der Waals surface area (Å²) in [6.07, 6.45) is -0.357. The quantitative estimate of drug-likeness (QED) is 0.309. The predicted octanol–water partition coefficient (Wildman–Crippen LogP) is 6.29. The van der Waals surface area contributed by atoms with Crippen LogP contribution in [0.5, 0.6) is 17.2 Å². The monoisotopic (exact) mass is 495 g/mol. The molecule has 0 radical (unpaired) electrons. The van der Waals surface area contributed by atoms with Crippen molar-refractivity contribution in [3.8, 4) is 17.2 Å². The lowest BCUT2D eigenvalue weighted by Crippen LogP contribution is -2.46. The van der Waals surface area contributed by atoms with Gasteiger partial charge in [0.05, 0.1) is 25.9 Å². The summed E-state index contributed by atoms with van der Waals surface area (Å²) in [5.74, 6) is 1.76. The lowest BCUT2D eigenvalue weighted by atomic mass is 9.94. The third-order valence-corrected chi connectivity index (χ3v) is 6.13. The van der Waals surface area contributed by atoms with E-state index >= 15 is 0 Å². The van der Waals surface area contributed by atoms with Crippen LogP contribution in [-0.4, -0.2) is 37.0 Å². The number of ether oxygens (including phenoxy) is 3. The van der Waals surface area contributed by atoms with E-state index in [1.165, 1.54) is 0 Å². The summed E-state index contributed by atoms with van der Waals surface area (Å²) in [7, 11) is 1.62. The summed E-state index contributed by atoms with van der Waals surface area (Å²) in [6, 6.07) is 18.8. The lowest BCUT2D eigenvalue weighted by molar-refractivity contribution is -0.00482. The molecule has 3 aromatic carbocycles. The number of aliphatic hydroxyl groups is 1. The van der Waals surface area contributed by atoms with Gasteiger partial charge in [0.2, 0.25) is 0 Å². The van der Waals surface area contributed by atoms with Gasteiger partial charge in [-0.05, 0) is 82.0 Å². The molecule has 0 saturated heterocycles. The Morgan fingerprint density at radius 1 is 0.972 bits per heavy atom. The maximum Gasteiger partial charge on any atom is 0.169 e. The molecule has 0 aliphatic rings. The van der Waals surface area contributed by atoms with Crippen molar-refractivity contribution in [2.45, 2.75) is 58.8 Å². The van der Waals surface area contributed by atoms with Crippen LogP contribution in [0.1, 0.15) is 49.1 Å². The summed E-state index contributed by atoms with van der Waals surface area (Å²) in [5, 5.41) is 13.9. The standard InChI is InChI=1S/C30H38FNO4/c1-20-11-14-28(29(15-20)34-6)36-27-10-8-7-9-25(27)22(3)35-19-24(33)18-32-30(4,5)17-23-13-12-21(2)26(31)16-23/h7-16,22,24,32-33H,17-19H2,1-6H3/t22-,24-/m1/s1. The highest BCUT2D eigenvalue weighted by atomic mass is 19.1. The second-order valence-corrected chi connectivity index (χ2v) is 9.95. The van der Waals surface area contributed by atoms with Crippen LogP contribution >= 0.6 is 0 Å². The van der Waals surface area contributed by atoms with Gasteiger partial charge in [-0.25, -0.2) is 4.39 Å². The fourth-order valence-electron chi connectivity index (χ4n) is 4.00. The fraction of sp³-hybridized carbons (Fsp3) is 0.400. The van der Waals surface area contributed by atoms with E-state index in [1.807, 2.05) is 76.2 Å². The van der Waals surface area contributed by atoms with E-state index in [4.69, 9.17) is 14.2 Å². The molecule has 0 heterocycles. The van der Waals surface area contributed by atoms with Crippen molar-refractivity contribution >= 4 is 0 Å². The normalized spacial score (nSPS) is 13.3. The molecule has 3 aromatic rings. The molecular formula is C30H38FNO4. The molecular weight excluding hydrogens is 457 g/mol. The molecule has 0 saturated carbocycles. The van der Waals surface area contributed by atoms with Gasteiger partial charge in [-0.15, -0.1) is 0 Å². The summed E-state index contributed by atoms with van der Waals surface area (Å²) in [5.41, 5.74) is 3.19. The molecule has 0 amide bonds. The number of aryl methyl sites for hydroxylation is 2. The minimum absolute atomic E-state index is 0.158. The van der Waals surface area contributed by atoms with Gasteiger partial charge in [0.1, 0.15) is 11.6 Å². The molecule has 2 atom stereocenters. The molecule has 0 aromatic heterocycles. The molecule has 2 N–H and O–H groups in total. The molecule has 3 rings (SSSR count). The predicted molar refractivity (Wildman–Crippen MR) is 142 cm³/mol. The second-order valence-electron chi connectivity index (χ2n) is 9.95. The van der Waals surface area contributed by atoms with E-state index in [1.54, 1.807) is 26.2 Å². The first-order valence-electron chi connectivity index (χ1n) is 12.3. The van der Waals surface area contributed by atoms with Gasteiger partial charge in [0, 0.05) is 17.6 Å². The van der Waals surface area contributed by atoms with Crippen molar-refractivity contribution < 1.29 is 23.7 Å². The zero-order valence-corrected chi connectivity index (χ0v) is 22.1. The molecule has 6 heteroatoms. The highest BCUT2D eigenvalue weighted by Gasteiger charge is 2.21. The third kappa shape index (κ3) is 7.79. The first-order valence-corrected chi connectivity index (χ1v) is 12.3. The molecule has 0 aliphatic heterocycles. The number of methoxy groups -OCH3 is 1. The highest BCUT2D eigenvalue weighted by molar-refractivity contribution is 5.47. The van der Waals surface area contributed by atoms with Gasteiger partial charge in [-0.2, -0.15) is 0 Å². The van der Waals surface area contributed by atoms with E-state index in [-0.39, 0.29) is 24.1 Å². The Kier molecular flexibility index (Phi) is 9.49.